The first-order valence-electron chi connectivity index (χ1n) is 4.86. The molecule has 0 aliphatic heterocycles. The predicted molar refractivity (Wildman–Crippen MR) is 72.2 cm³/mol. The number of aromatic nitrogens is 4. The van der Waals surface area contributed by atoms with Gasteiger partial charge in [-0.3, -0.25) is 5.10 Å². The summed E-state index contributed by atoms with van der Waals surface area (Å²) < 4.78 is 0. The van der Waals surface area contributed by atoms with E-state index >= 15 is 0 Å². The number of rotatable bonds is 1. The van der Waals surface area contributed by atoms with Crippen LogP contribution >= 0.6 is 0 Å². The quantitative estimate of drug-likeness (QED) is 0.327. The maximum absolute atomic E-state index is 5.40. The molecule has 2 rings (SSSR count). The molecular formula is C8H16N10. The molecule has 2 aromatic rings. The first-order chi connectivity index (χ1) is 8.43. The average molecular weight is 252 g/mol. The van der Waals surface area contributed by atoms with Crippen molar-refractivity contribution in [3.05, 3.63) is 6.07 Å². The van der Waals surface area contributed by atoms with Crippen LogP contribution < -0.4 is 34.0 Å². The fourth-order valence-corrected chi connectivity index (χ4v) is 0.970. The molecule has 98 valence electrons. The number of anilines is 6. The van der Waals surface area contributed by atoms with Crippen LogP contribution in [0.1, 0.15) is 0 Å². The Hall–Kier alpha value is -2.91. The molecular weight excluding hydrogens is 236 g/mol. The Kier molecular flexibility index (Phi) is 3.97. The highest BCUT2D eigenvalue weighted by Crippen LogP contribution is 2.18. The van der Waals surface area contributed by atoms with Gasteiger partial charge in [0.25, 0.3) is 0 Å². The zero-order valence-electron chi connectivity index (χ0n) is 9.81. The third-order valence-corrected chi connectivity index (χ3v) is 1.85. The van der Waals surface area contributed by atoms with Crippen LogP contribution in [0.5, 0.6) is 0 Å². The van der Waals surface area contributed by atoms with E-state index in [4.69, 9.17) is 28.7 Å². The van der Waals surface area contributed by atoms with E-state index in [0.717, 1.165) is 0 Å². The summed E-state index contributed by atoms with van der Waals surface area (Å²) in [5.74, 6) is 1.69. The third kappa shape index (κ3) is 3.30. The Labute approximate surface area is 103 Å². The zero-order valence-corrected chi connectivity index (χ0v) is 9.81. The molecule has 2 heterocycles. The Balaban J connectivity index is 0.000000199. The molecule has 0 atom stereocenters. The summed E-state index contributed by atoms with van der Waals surface area (Å²) in [7, 11) is 1.67. The number of nitrogens with two attached hydrogens (primary N) is 5. The van der Waals surface area contributed by atoms with Crippen LogP contribution in [0.4, 0.5) is 34.9 Å². The fourth-order valence-electron chi connectivity index (χ4n) is 0.970. The van der Waals surface area contributed by atoms with Crippen molar-refractivity contribution in [1.29, 1.82) is 0 Å². The molecule has 0 aromatic carbocycles. The lowest BCUT2D eigenvalue weighted by Gasteiger charge is -2.04. The van der Waals surface area contributed by atoms with Gasteiger partial charge in [-0.05, 0) is 0 Å². The molecule has 0 unspecified atom stereocenters. The molecule has 10 heteroatoms. The van der Waals surface area contributed by atoms with Crippen LogP contribution in [-0.4, -0.2) is 27.2 Å². The van der Waals surface area contributed by atoms with E-state index in [-0.39, 0.29) is 17.3 Å². The highest BCUT2D eigenvalue weighted by atomic mass is 15.2. The van der Waals surface area contributed by atoms with Crippen LogP contribution in [-0.2, 0) is 0 Å². The average Bonchev–Trinajstić information content (AvgIpc) is 2.70. The van der Waals surface area contributed by atoms with Crippen LogP contribution in [0.25, 0.3) is 0 Å². The second-order valence-corrected chi connectivity index (χ2v) is 3.23. The van der Waals surface area contributed by atoms with Gasteiger partial charge in [-0.1, -0.05) is 0 Å². The van der Waals surface area contributed by atoms with Crippen molar-refractivity contribution in [2.45, 2.75) is 0 Å². The Morgan fingerprint density at radius 3 is 1.89 bits per heavy atom. The number of nitrogens with zero attached hydrogens (tertiary/aromatic N) is 3. The van der Waals surface area contributed by atoms with Gasteiger partial charge in [-0.15, -0.1) is 0 Å². The van der Waals surface area contributed by atoms with Gasteiger partial charge in [0.05, 0.1) is 0 Å². The van der Waals surface area contributed by atoms with Crippen molar-refractivity contribution in [2.24, 2.45) is 0 Å². The summed E-state index contributed by atoms with van der Waals surface area (Å²) in [6.45, 7) is 0. The maximum atomic E-state index is 5.40. The summed E-state index contributed by atoms with van der Waals surface area (Å²) in [5.41, 5.74) is 26.8. The SMILES string of the molecule is CNc1nc(N)c(N)c(N)n1.Nc1cc(N)[nH]n1. The van der Waals surface area contributed by atoms with Crippen LogP contribution in [0, 0.1) is 0 Å². The van der Waals surface area contributed by atoms with Gasteiger partial charge in [-0.2, -0.15) is 15.1 Å². The van der Waals surface area contributed by atoms with Crippen LogP contribution in [0.2, 0.25) is 0 Å². The molecule has 2 aromatic heterocycles. The van der Waals surface area contributed by atoms with Gasteiger partial charge >= 0.3 is 0 Å². The van der Waals surface area contributed by atoms with Crippen molar-refractivity contribution < 1.29 is 0 Å². The molecule has 0 aliphatic rings. The predicted octanol–water partition coefficient (Wildman–Crippen LogP) is -1.16. The number of aromatic amines is 1. The van der Waals surface area contributed by atoms with Crippen molar-refractivity contribution in [3.8, 4) is 0 Å². The minimum atomic E-state index is 0.196. The van der Waals surface area contributed by atoms with Gasteiger partial charge in [0.15, 0.2) is 11.6 Å². The van der Waals surface area contributed by atoms with E-state index in [1.807, 2.05) is 0 Å². The third-order valence-electron chi connectivity index (χ3n) is 1.85. The van der Waals surface area contributed by atoms with E-state index in [9.17, 15) is 0 Å². The number of hydrogen-bond donors (Lipinski definition) is 7. The van der Waals surface area contributed by atoms with Crippen LogP contribution in [0.15, 0.2) is 6.07 Å². The van der Waals surface area contributed by atoms with Gasteiger partial charge in [0.1, 0.15) is 17.3 Å². The number of hydrogen-bond acceptors (Lipinski definition) is 9. The first kappa shape index (κ1) is 13.2. The monoisotopic (exact) mass is 252 g/mol. The Morgan fingerprint density at radius 1 is 1.06 bits per heavy atom. The van der Waals surface area contributed by atoms with E-state index in [1.54, 1.807) is 13.1 Å². The van der Waals surface area contributed by atoms with E-state index in [1.165, 1.54) is 0 Å². The van der Waals surface area contributed by atoms with E-state index < -0.39 is 0 Å². The molecule has 0 amide bonds. The lowest BCUT2D eigenvalue weighted by atomic mass is 10.4. The molecule has 0 saturated carbocycles. The molecule has 18 heavy (non-hydrogen) atoms. The van der Waals surface area contributed by atoms with Crippen molar-refractivity contribution >= 4 is 34.9 Å². The summed E-state index contributed by atoms with van der Waals surface area (Å²) >= 11 is 0. The molecule has 12 N–H and O–H groups in total. The maximum Gasteiger partial charge on any atom is 0.226 e. The van der Waals surface area contributed by atoms with Gasteiger partial charge in [0.2, 0.25) is 5.95 Å². The van der Waals surface area contributed by atoms with Gasteiger partial charge in [-0.25, -0.2) is 0 Å². The second-order valence-electron chi connectivity index (χ2n) is 3.23. The van der Waals surface area contributed by atoms with Crippen molar-refractivity contribution in [1.82, 2.24) is 20.2 Å². The number of nitrogens with one attached hydrogen (secondary N) is 2. The molecule has 10 nitrogen and oxygen atoms in total. The van der Waals surface area contributed by atoms with Gasteiger partial charge < -0.3 is 34.0 Å². The fraction of sp³-hybridized carbons (Fsp3) is 0.125. The summed E-state index contributed by atoms with van der Waals surface area (Å²) in [6.07, 6.45) is 0. The first-order valence-corrected chi connectivity index (χ1v) is 4.86. The highest BCUT2D eigenvalue weighted by Gasteiger charge is 2.03. The summed E-state index contributed by atoms with van der Waals surface area (Å²) in [6, 6.07) is 1.56. The lowest BCUT2D eigenvalue weighted by Crippen LogP contribution is -2.07. The standard InChI is InChI=1S/C5H10N6.C3H6N4/c1-9-5-10-3(7)2(6)4(8)11-5;4-2-1-3(5)7-6-2/h6H2,1H3,(H5,7,8,9,10,11);1H,(H5,4,5,6,7). The van der Waals surface area contributed by atoms with E-state index in [2.05, 4.69) is 25.5 Å². The lowest BCUT2D eigenvalue weighted by molar-refractivity contribution is 1.11. The van der Waals surface area contributed by atoms with Crippen molar-refractivity contribution in [3.63, 3.8) is 0 Å². The molecule has 0 aliphatic carbocycles. The smallest absolute Gasteiger partial charge is 0.226 e. The second kappa shape index (κ2) is 5.43. The minimum absolute atomic E-state index is 0.196. The minimum Gasteiger partial charge on any atom is -0.393 e. The Bertz CT molecular complexity index is 479. The van der Waals surface area contributed by atoms with Gasteiger partial charge in [0, 0.05) is 13.1 Å². The molecule has 0 bridgehead atoms. The zero-order chi connectivity index (χ0) is 13.7. The van der Waals surface area contributed by atoms with Crippen LogP contribution in [0.3, 0.4) is 0 Å². The molecule has 0 radical (unpaired) electrons. The van der Waals surface area contributed by atoms with E-state index in [0.29, 0.717) is 17.6 Å². The molecule has 0 saturated heterocycles. The normalized spacial score (nSPS) is 9.39. The molecule has 0 spiro atoms. The summed E-state index contributed by atoms with van der Waals surface area (Å²) in [5, 5.41) is 8.71. The molecule has 0 fully saturated rings. The Morgan fingerprint density at radius 2 is 1.61 bits per heavy atom. The number of nitrogen functional groups attached to an aromatic ring is 5. The topological polar surface area (TPSA) is 197 Å². The van der Waals surface area contributed by atoms with Crippen molar-refractivity contribution in [2.75, 3.05) is 41.0 Å². The number of H-pyrrole nitrogens is 1. The largest absolute Gasteiger partial charge is 0.393 e. The highest BCUT2D eigenvalue weighted by molar-refractivity contribution is 5.72. The summed E-state index contributed by atoms with van der Waals surface area (Å²) in [4.78, 5) is 7.61.